The third-order valence-electron chi connectivity index (χ3n) is 27.0. The maximum atomic E-state index is 2.88. The minimum absolute atomic E-state index is 0.158. The fraction of sp³-hybridized carbons (Fsp3) is 0.147. The van der Waals surface area contributed by atoms with E-state index in [4.69, 9.17) is 0 Å². The Morgan fingerprint density at radius 1 is 0.200 bits per heavy atom. The van der Waals surface area contributed by atoms with Crippen LogP contribution in [0.1, 0.15) is 90.3 Å². The molecule has 11 aliphatic carbocycles. The molecule has 0 aliphatic heterocycles. The van der Waals surface area contributed by atoms with E-state index in [2.05, 4.69) is 95.4 Å². The van der Waals surface area contributed by atoms with Gasteiger partial charge in [0.15, 0.2) is 0 Å². The molecule has 0 N–H and O–H groups in total. The van der Waals surface area contributed by atoms with E-state index in [0.29, 0.717) is 0 Å². The summed E-state index contributed by atoms with van der Waals surface area (Å²) in [5, 5.41) is 66.3. The molecule has 0 bridgehead atoms. The fourth-order valence-corrected chi connectivity index (χ4v) is 27.5. The molecule has 0 fully saturated rings. The van der Waals surface area contributed by atoms with Crippen LogP contribution >= 0.6 is 0 Å². The van der Waals surface area contributed by atoms with Crippen molar-refractivity contribution in [3.05, 3.63) is 139 Å². The highest BCUT2D eigenvalue weighted by molar-refractivity contribution is 6.77. The van der Waals surface area contributed by atoms with Crippen molar-refractivity contribution in [2.75, 3.05) is 0 Å². The van der Waals surface area contributed by atoms with Gasteiger partial charge >= 0.3 is 0 Å². The maximum Gasteiger partial charge on any atom is 0.0655 e. The van der Waals surface area contributed by atoms with Crippen LogP contribution in [0.2, 0.25) is 0 Å². The summed E-state index contributed by atoms with van der Waals surface area (Å²) in [4.78, 5) is 0. The predicted molar refractivity (Wildman–Crippen MR) is 313 cm³/mol. The van der Waals surface area contributed by atoms with Crippen molar-refractivity contribution >= 4 is 215 Å². The highest BCUT2D eigenvalue weighted by Crippen LogP contribution is 2.91. The molecule has 0 saturated carbocycles. The second kappa shape index (κ2) is 7.10. The third kappa shape index (κ3) is 1.65. The van der Waals surface area contributed by atoms with Crippen LogP contribution in [0.4, 0.5) is 0 Å². The van der Waals surface area contributed by atoms with Crippen LogP contribution < -0.4 is 0 Å². The number of hydrogen-bond donors (Lipinski definition) is 0. The van der Waals surface area contributed by atoms with E-state index in [1.165, 1.54) is 0 Å². The quantitative estimate of drug-likeness (QED) is 0.119. The van der Waals surface area contributed by atoms with Gasteiger partial charge in [-0.05, 0) is 328 Å². The summed E-state index contributed by atoms with van der Waals surface area (Å²) >= 11 is 0. The van der Waals surface area contributed by atoms with Gasteiger partial charge < -0.3 is 0 Å². The molecular weight excluding hydrogens is 901 g/mol. The molecular formula is C75H26. The molecule has 0 amide bonds. The first kappa shape index (κ1) is 30.8. The number of allylic oxidation sites excluding steroid dienone is 14. The molecule has 32 rings (SSSR count). The molecule has 0 spiro atoms. The smallest absolute Gasteiger partial charge is 0.0655 e. The average Bonchev–Trinajstić information content (AvgIpc) is 2.12. The van der Waals surface area contributed by atoms with E-state index in [1.54, 1.807) is 293 Å². The minimum atomic E-state index is -0.427. The third-order valence-corrected chi connectivity index (χ3v) is 27.0. The van der Waals surface area contributed by atoms with Gasteiger partial charge in [0, 0.05) is 5.92 Å². The Morgan fingerprint density at radius 2 is 0.373 bits per heavy atom. The highest BCUT2D eigenvalue weighted by Gasteiger charge is 2.80. The van der Waals surface area contributed by atoms with Crippen molar-refractivity contribution in [2.45, 2.75) is 61.7 Å². The van der Waals surface area contributed by atoms with Crippen molar-refractivity contribution < 1.29 is 0 Å². The molecule has 0 nitrogen and oxygen atoms in total. The molecule has 0 heterocycles. The number of benzene rings is 15. The van der Waals surface area contributed by atoms with E-state index >= 15 is 0 Å². The number of rotatable bonds is 5. The lowest BCUT2D eigenvalue weighted by Gasteiger charge is -2.58. The number of hydrogen-bond acceptors (Lipinski definition) is 0. The van der Waals surface area contributed by atoms with Gasteiger partial charge in [0.25, 0.3) is 0 Å². The van der Waals surface area contributed by atoms with E-state index in [9.17, 15) is 0 Å². The van der Waals surface area contributed by atoms with Crippen molar-refractivity contribution in [3.8, 4) is 0 Å². The summed E-state index contributed by atoms with van der Waals surface area (Å²) in [5.74, 6) is 0.158. The van der Waals surface area contributed by atoms with Gasteiger partial charge in [-0.1, -0.05) is 60.8 Å². The molecule has 2 unspecified atom stereocenters. The zero-order valence-electron chi connectivity index (χ0n) is 40.9. The van der Waals surface area contributed by atoms with Crippen molar-refractivity contribution in [1.82, 2.24) is 0 Å². The van der Waals surface area contributed by atoms with Crippen LogP contribution in [0.15, 0.2) is 83.1 Å². The zero-order chi connectivity index (χ0) is 46.3. The van der Waals surface area contributed by atoms with Gasteiger partial charge in [0.1, 0.15) is 0 Å². The van der Waals surface area contributed by atoms with Crippen LogP contribution in [-0.2, 0) is 27.1 Å². The summed E-state index contributed by atoms with van der Waals surface area (Å²) in [5.41, 5.74) is 22.1. The Balaban J connectivity index is 1.19. The Morgan fingerprint density at radius 3 is 0.600 bits per heavy atom. The van der Waals surface area contributed by atoms with Gasteiger partial charge in [-0.3, -0.25) is 0 Å². The fourth-order valence-electron chi connectivity index (χ4n) is 27.5. The van der Waals surface area contributed by atoms with Crippen molar-refractivity contribution in [2.24, 2.45) is 5.92 Å². The van der Waals surface area contributed by atoms with Crippen LogP contribution in [-0.4, -0.2) is 0 Å². The molecule has 0 radical (unpaired) electrons. The molecule has 0 heteroatoms. The first-order valence-corrected chi connectivity index (χ1v) is 28.6. The van der Waals surface area contributed by atoms with Crippen molar-refractivity contribution in [1.29, 1.82) is 0 Å². The molecule has 6 atom stereocenters. The van der Waals surface area contributed by atoms with E-state index < -0.39 is 21.7 Å². The van der Waals surface area contributed by atoms with Crippen LogP contribution in [0, 0.1) is 5.92 Å². The lowest BCUT2D eigenvalue weighted by molar-refractivity contribution is 0.385. The van der Waals surface area contributed by atoms with E-state index in [0.717, 1.165) is 0 Å². The molecule has 21 aromatic carbocycles. The molecule has 0 aromatic heterocycles. The summed E-state index contributed by atoms with van der Waals surface area (Å²) in [6.45, 7) is 12.0. The Kier molecular flexibility index (Phi) is 2.91. The van der Waals surface area contributed by atoms with Gasteiger partial charge in [-0.2, -0.15) is 0 Å². The molecule has 0 saturated heterocycles. The lowest BCUT2D eigenvalue weighted by atomic mass is 9.42. The van der Waals surface area contributed by atoms with Crippen molar-refractivity contribution in [3.63, 3.8) is 0 Å². The topological polar surface area (TPSA) is 0 Å². The maximum absolute atomic E-state index is 2.88. The Bertz CT molecular complexity index is 6730. The van der Waals surface area contributed by atoms with Gasteiger partial charge in [-0.25, -0.2) is 0 Å². The van der Waals surface area contributed by atoms with Crippen LogP contribution in [0.3, 0.4) is 0 Å². The molecule has 21 aromatic rings. The summed E-state index contributed by atoms with van der Waals surface area (Å²) in [6.07, 6.45) is 27.1. The largest absolute Gasteiger partial charge is 0.0904 e. The normalized spacial score (nSPS) is 30.5. The molecule has 75 heavy (non-hydrogen) atoms. The van der Waals surface area contributed by atoms with E-state index in [1.807, 2.05) is 0 Å². The van der Waals surface area contributed by atoms with Gasteiger partial charge in [-0.15, -0.1) is 0 Å². The molecule has 11 aliphatic rings. The lowest BCUT2D eigenvalue weighted by Crippen LogP contribution is -2.54. The first-order valence-electron chi connectivity index (χ1n) is 28.6. The Labute approximate surface area is 419 Å². The predicted octanol–water partition coefficient (Wildman–Crippen LogP) is 18.8. The van der Waals surface area contributed by atoms with Crippen LogP contribution in [0.5, 0.6) is 0 Å². The zero-order valence-corrected chi connectivity index (χ0v) is 40.9. The molecule has 326 valence electrons. The highest BCUT2D eigenvalue weighted by atomic mass is 14.8. The summed E-state index contributed by atoms with van der Waals surface area (Å²) < 4.78 is 0. The second-order valence-corrected chi connectivity index (χ2v) is 27.4. The first-order chi connectivity index (χ1) is 37.1. The average molecular weight is 927 g/mol. The van der Waals surface area contributed by atoms with Gasteiger partial charge in [0.05, 0.1) is 27.1 Å². The summed E-state index contributed by atoms with van der Waals surface area (Å²) in [7, 11) is 0. The second-order valence-electron chi connectivity index (χ2n) is 27.4. The monoisotopic (exact) mass is 926 g/mol. The standard InChI is InChI=1S/C75H26/c1-6-11-71-56-46-36-26-21-16-17-19-20-18(16)23-30-28(21)38(36)48-50-40(30)42-32(23)34-25(20)35-33-24(19)31-29-22(17)27(26)37-39(29)49-51-41(31)43(33)53-55-45(35)44(34)54-52(42)62-60(50)72(12-7-2,58(48)56)67-66(71)68-70-69(67)74(62,14-9-4)64(54)65(55)75(70,15-10-5)63(53)61(51)73(68,13-8-3)59(49)57(71)47(37)46/h6-15,66H,1-5H3/b11-6+,12-7+,13-8+,14-9+,15-10+/t66?,71?,72-,73+,74-,75+. The van der Waals surface area contributed by atoms with Gasteiger partial charge in [0.2, 0.25) is 0 Å². The SMILES string of the molecule is C/C=C/C12c3c4c5c6c7c8c9c%10c%11c%12c%13c%14c%15c%16c%17c%18c(c1c1c3c3c5c5c%19c6c9c6c9c%10c%13c%10c%13c%14c%17c%14c%17c%18c1c1c3c5c3c(c1%17)c(c%14%13)c(c9%10)c3c%196)[C@@]%16(/C=C/C)C1=C(C(=C(C12)[C@@]47/C=C/C)[C@@]8%11/C=C/C)[C@]%15%12/C=C/C. The minimum Gasteiger partial charge on any atom is -0.0904 e. The Hall–Kier alpha value is -8.32. The van der Waals surface area contributed by atoms with Crippen LogP contribution in [0.25, 0.3) is 215 Å². The summed E-state index contributed by atoms with van der Waals surface area (Å²) in [6, 6.07) is 0. The van der Waals surface area contributed by atoms with E-state index in [-0.39, 0.29) is 11.3 Å².